The molecule has 27 heavy (non-hydrogen) atoms. The lowest BCUT2D eigenvalue weighted by atomic mass is 10.1. The highest BCUT2D eigenvalue weighted by molar-refractivity contribution is 5.82. The number of pyridine rings is 1. The van der Waals surface area contributed by atoms with Crippen LogP contribution in [-0.2, 0) is 17.9 Å². The number of hydrazine groups is 1. The van der Waals surface area contributed by atoms with Crippen LogP contribution in [0, 0.1) is 0 Å². The highest BCUT2D eigenvalue weighted by Gasteiger charge is 2.38. The minimum atomic E-state index is -0.177. The molecule has 0 spiro atoms. The Morgan fingerprint density at radius 2 is 2.04 bits per heavy atom. The Hall–Kier alpha value is -2.25. The summed E-state index contributed by atoms with van der Waals surface area (Å²) in [5.41, 5.74) is 7.68. The Labute approximate surface area is 160 Å². The van der Waals surface area contributed by atoms with Gasteiger partial charge in [0.25, 0.3) is 0 Å². The van der Waals surface area contributed by atoms with Crippen LogP contribution in [0.2, 0.25) is 0 Å². The minimum absolute atomic E-state index is 0.177. The van der Waals surface area contributed by atoms with Crippen molar-refractivity contribution >= 4 is 5.91 Å². The third-order valence-electron chi connectivity index (χ3n) is 5.33. The van der Waals surface area contributed by atoms with Crippen LogP contribution in [0.4, 0.5) is 0 Å². The summed E-state index contributed by atoms with van der Waals surface area (Å²) in [7, 11) is 0. The van der Waals surface area contributed by atoms with E-state index in [-0.39, 0.29) is 18.0 Å². The van der Waals surface area contributed by atoms with Crippen LogP contribution in [0.3, 0.4) is 0 Å². The number of carbonyl (C=O) groups excluding carboxylic acids is 1. The highest BCUT2D eigenvalue weighted by Crippen LogP contribution is 2.29. The van der Waals surface area contributed by atoms with Crippen LogP contribution < -0.4 is 10.9 Å². The molecule has 0 bridgehead atoms. The Kier molecular flexibility index (Phi) is 5.22. The smallest absolute Gasteiger partial charge is 0.241 e. The van der Waals surface area contributed by atoms with Crippen molar-refractivity contribution in [3.8, 4) is 0 Å². The first-order valence-electron chi connectivity index (χ1n) is 9.83. The third-order valence-corrected chi connectivity index (χ3v) is 5.33. The first-order valence-corrected chi connectivity index (χ1v) is 9.83. The molecule has 144 valence electrons. The molecule has 2 aliphatic rings. The predicted octanol–water partition coefficient (Wildman–Crippen LogP) is 1.83. The molecule has 4 rings (SSSR count). The second-order valence-corrected chi connectivity index (χ2v) is 7.92. The van der Waals surface area contributed by atoms with Gasteiger partial charge in [0.05, 0.1) is 0 Å². The van der Waals surface area contributed by atoms with Gasteiger partial charge in [0.1, 0.15) is 11.9 Å². The number of hydrogen-bond donors (Lipinski definition) is 2. The number of imidazole rings is 1. The zero-order valence-electron chi connectivity index (χ0n) is 16.0. The van der Waals surface area contributed by atoms with Crippen LogP contribution in [0.1, 0.15) is 50.4 Å². The van der Waals surface area contributed by atoms with Crippen molar-refractivity contribution in [2.45, 2.75) is 70.2 Å². The van der Waals surface area contributed by atoms with Crippen molar-refractivity contribution in [3.05, 3.63) is 48.3 Å². The Morgan fingerprint density at radius 3 is 2.74 bits per heavy atom. The first kappa shape index (κ1) is 18.1. The summed E-state index contributed by atoms with van der Waals surface area (Å²) in [6.07, 6.45) is 10.4. The van der Waals surface area contributed by atoms with Crippen LogP contribution in [-0.4, -0.2) is 43.5 Å². The molecule has 1 amide bonds. The molecule has 2 aromatic rings. The van der Waals surface area contributed by atoms with Crippen molar-refractivity contribution in [1.29, 1.82) is 0 Å². The maximum Gasteiger partial charge on any atom is 0.241 e. The zero-order chi connectivity index (χ0) is 18.8. The fourth-order valence-corrected chi connectivity index (χ4v) is 3.78. The second kappa shape index (κ2) is 7.78. The molecule has 2 fully saturated rings. The van der Waals surface area contributed by atoms with Gasteiger partial charge in [0.2, 0.25) is 5.91 Å². The Morgan fingerprint density at radius 1 is 1.26 bits per heavy atom. The number of aromatic nitrogens is 3. The molecule has 0 aromatic carbocycles. The predicted molar refractivity (Wildman–Crippen MR) is 103 cm³/mol. The molecule has 1 aliphatic carbocycles. The molecular weight excluding hydrogens is 340 g/mol. The van der Waals surface area contributed by atoms with Gasteiger partial charge in [0.15, 0.2) is 0 Å². The van der Waals surface area contributed by atoms with E-state index < -0.39 is 0 Å². The lowest BCUT2D eigenvalue weighted by Gasteiger charge is -2.25. The third kappa shape index (κ3) is 4.20. The van der Waals surface area contributed by atoms with E-state index in [1.165, 1.54) is 0 Å². The van der Waals surface area contributed by atoms with Crippen LogP contribution in [0.5, 0.6) is 0 Å². The van der Waals surface area contributed by atoms with Crippen LogP contribution in [0.15, 0.2) is 36.9 Å². The largest absolute Gasteiger partial charge is 0.334 e. The maximum absolute atomic E-state index is 13.1. The molecule has 3 heterocycles. The van der Waals surface area contributed by atoms with Crippen LogP contribution in [0.25, 0.3) is 0 Å². The number of carbonyl (C=O) groups is 1. The lowest BCUT2D eigenvalue weighted by molar-refractivity contribution is -0.134. The summed E-state index contributed by atoms with van der Waals surface area (Å²) < 4.78 is 2.19. The van der Waals surface area contributed by atoms with Crippen LogP contribution >= 0.6 is 0 Å². The van der Waals surface area contributed by atoms with E-state index in [1.807, 2.05) is 29.4 Å². The Bertz CT molecular complexity index is 770. The van der Waals surface area contributed by atoms with E-state index in [0.717, 1.165) is 37.2 Å². The van der Waals surface area contributed by atoms with E-state index in [1.54, 1.807) is 12.4 Å². The molecule has 1 saturated carbocycles. The van der Waals surface area contributed by atoms with Gasteiger partial charge >= 0.3 is 0 Å². The van der Waals surface area contributed by atoms with E-state index in [4.69, 9.17) is 0 Å². The standard InChI is InChI=1S/C20H28N6O/c1-14(2)19-22-9-10-25(19)13-16-11-18(24-23-16)20(27)26(17-3-4-17)12-15-5-7-21-8-6-15/h5-10,14,16-18,23-24H,3-4,11-13H2,1-2H3. The van der Waals surface area contributed by atoms with Gasteiger partial charge in [-0.1, -0.05) is 13.8 Å². The van der Waals surface area contributed by atoms with Gasteiger partial charge in [-0.05, 0) is 37.0 Å². The topological polar surface area (TPSA) is 75.1 Å². The molecule has 2 aromatic heterocycles. The first-order chi connectivity index (χ1) is 13.1. The van der Waals surface area contributed by atoms with Crippen molar-refractivity contribution in [2.75, 3.05) is 0 Å². The van der Waals surface area contributed by atoms with E-state index in [0.29, 0.717) is 18.5 Å². The fraction of sp³-hybridized carbons (Fsp3) is 0.550. The number of nitrogens with zero attached hydrogens (tertiary/aromatic N) is 4. The molecule has 7 heteroatoms. The quantitative estimate of drug-likeness (QED) is 0.780. The number of hydrogen-bond acceptors (Lipinski definition) is 5. The summed E-state index contributed by atoms with van der Waals surface area (Å²) in [5, 5.41) is 0. The maximum atomic E-state index is 13.1. The van der Waals surface area contributed by atoms with Crippen molar-refractivity contribution in [2.24, 2.45) is 0 Å². The highest BCUT2D eigenvalue weighted by atomic mass is 16.2. The number of rotatable bonds is 7. The second-order valence-electron chi connectivity index (χ2n) is 7.92. The van der Waals surface area contributed by atoms with Gasteiger partial charge in [0, 0.05) is 55.9 Å². The molecule has 7 nitrogen and oxygen atoms in total. The van der Waals surface area contributed by atoms with Gasteiger partial charge in [-0.15, -0.1) is 0 Å². The normalized spacial score (nSPS) is 22.3. The molecule has 2 unspecified atom stereocenters. The number of nitrogens with one attached hydrogen (secondary N) is 2. The monoisotopic (exact) mass is 368 g/mol. The van der Waals surface area contributed by atoms with Crippen molar-refractivity contribution in [3.63, 3.8) is 0 Å². The van der Waals surface area contributed by atoms with E-state index in [9.17, 15) is 4.79 Å². The summed E-state index contributed by atoms with van der Waals surface area (Å²) in [6.45, 7) is 5.78. The SMILES string of the molecule is CC(C)c1nccn1CC1CC(C(=O)N(Cc2ccncc2)C2CC2)NN1. The van der Waals surface area contributed by atoms with Crippen molar-refractivity contribution < 1.29 is 4.79 Å². The average Bonchev–Trinajstić information content (AvgIpc) is 3.21. The minimum Gasteiger partial charge on any atom is -0.334 e. The summed E-state index contributed by atoms with van der Waals surface area (Å²) in [6, 6.07) is 4.39. The molecule has 0 radical (unpaired) electrons. The molecule has 1 saturated heterocycles. The van der Waals surface area contributed by atoms with Gasteiger partial charge < -0.3 is 9.47 Å². The molecule has 2 N–H and O–H groups in total. The average molecular weight is 368 g/mol. The van der Waals surface area contributed by atoms with Gasteiger partial charge in [-0.3, -0.25) is 15.2 Å². The fourth-order valence-electron chi connectivity index (χ4n) is 3.78. The molecule has 1 aliphatic heterocycles. The summed E-state index contributed by atoms with van der Waals surface area (Å²) >= 11 is 0. The van der Waals surface area contributed by atoms with Gasteiger partial charge in [-0.25, -0.2) is 10.4 Å². The summed E-state index contributed by atoms with van der Waals surface area (Å²) in [5.74, 6) is 1.67. The van der Waals surface area contributed by atoms with Gasteiger partial charge in [-0.2, -0.15) is 0 Å². The summed E-state index contributed by atoms with van der Waals surface area (Å²) in [4.78, 5) is 23.7. The zero-order valence-corrected chi connectivity index (χ0v) is 16.0. The Balaban J connectivity index is 1.38. The number of amides is 1. The van der Waals surface area contributed by atoms with E-state index in [2.05, 4.69) is 39.2 Å². The van der Waals surface area contributed by atoms with E-state index >= 15 is 0 Å². The van der Waals surface area contributed by atoms with Crippen molar-refractivity contribution in [1.82, 2.24) is 30.3 Å². The molecular formula is C20H28N6O. The molecule has 2 atom stereocenters. The lowest BCUT2D eigenvalue weighted by Crippen LogP contribution is -2.46.